The average molecular weight is 378 g/mol. The zero-order valence-corrected chi connectivity index (χ0v) is 17.4. The zero-order valence-electron chi connectivity index (χ0n) is 16.4. The first-order valence-electron chi connectivity index (χ1n) is 10.5. The molecule has 2 amide bonds. The maximum Gasteiger partial charge on any atom is 0.238 e. The normalized spacial score (nSPS) is 44.1. The van der Waals surface area contributed by atoms with Gasteiger partial charge in [0.2, 0.25) is 11.8 Å². The maximum atomic E-state index is 13.8. The number of rotatable bonds is 2. The zero-order chi connectivity index (χ0) is 18.8. The molecule has 0 radical (unpaired) electrons. The number of hydrogen-bond acceptors (Lipinski definition) is 2. The molecule has 6 rings (SSSR count). The number of carbonyl (C=O) groups is 2. The summed E-state index contributed by atoms with van der Waals surface area (Å²) in [5.74, 6) is 1.24. The van der Waals surface area contributed by atoms with Crippen LogP contribution in [0.2, 0.25) is 24.7 Å². The third-order valence-corrected chi connectivity index (χ3v) is 12.4. The van der Waals surface area contributed by atoms with Crippen LogP contribution in [-0.2, 0) is 9.59 Å². The highest BCUT2D eigenvalue weighted by Crippen LogP contribution is 2.83. The summed E-state index contributed by atoms with van der Waals surface area (Å²) < 4.78 is 0. The first-order chi connectivity index (χ1) is 12.8. The fourth-order valence-corrected chi connectivity index (χ4v) is 10.5. The molecule has 3 nitrogen and oxygen atoms in total. The van der Waals surface area contributed by atoms with Crippen molar-refractivity contribution in [3.05, 3.63) is 42.0 Å². The van der Waals surface area contributed by atoms with E-state index in [9.17, 15) is 9.59 Å². The van der Waals surface area contributed by atoms with Crippen molar-refractivity contribution in [3.63, 3.8) is 0 Å². The molecular weight excluding hydrogens is 350 g/mol. The smallest absolute Gasteiger partial charge is 0.238 e. The third-order valence-electron chi connectivity index (χ3n) is 8.96. The Kier molecular flexibility index (Phi) is 2.81. The molecule has 0 N–H and O–H groups in total. The van der Waals surface area contributed by atoms with Crippen molar-refractivity contribution in [1.82, 2.24) is 0 Å². The van der Waals surface area contributed by atoms with Crippen LogP contribution in [0, 0.1) is 29.1 Å². The Labute approximate surface area is 161 Å². The van der Waals surface area contributed by atoms with Crippen molar-refractivity contribution >= 4 is 25.6 Å². The molecule has 0 unspecified atom stereocenters. The van der Waals surface area contributed by atoms with E-state index in [0.717, 1.165) is 12.1 Å². The monoisotopic (exact) mass is 377 g/mol. The van der Waals surface area contributed by atoms with Gasteiger partial charge in [-0.3, -0.25) is 14.5 Å². The number of fused-ring (bicyclic) bond motifs is 6. The molecule has 6 atom stereocenters. The summed E-state index contributed by atoms with van der Waals surface area (Å²) in [6, 6.07) is 9.61. The van der Waals surface area contributed by atoms with Crippen molar-refractivity contribution in [2.75, 3.05) is 4.90 Å². The number of hydrogen-bond donors (Lipinski definition) is 0. The van der Waals surface area contributed by atoms with E-state index in [1.807, 2.05) is 30.3 Å². The van der Waals surface area contributed by atoms with E-state index in [2.05, 4.69) is 25.7 Å². The van der Waals surface area contributed by atoms with Crippen LogP contribution in [0.25, 0.3) is 0 Å². The summed E-state index contributed by atoms with van der Waals surface area (Å²) in [5, 5.41) is -0.0372. The summed E-state index contributed by atoms with van der Waals surface area (Å²) in [4.78, 5) is 29.0. The average Bonchev–Trinajstić information content (AvgIpc) is 3.38. The predicted molar refractivity (Wildman–Crippen MR) is 108 cm³/mol. The maximum absolute atomic E-state index is 13.8. The van der Waals surface area contributed by atoms with Crippen molar-refractivity contribution in [1.29, 1.82) is 0 Å². The minimum Gasteiger partial charge on any atom is -0.274 e. The molecule has 4 heteroatoms. The number of allylic oxidation sites excluding steroid dienone is 2. The summed E-state index contributed by atoms with van der Waals surface area (Å²) in [5.41, 5.74) is 2.36. The number of para-hydroxylation sites is 1. The summed E-state index contributed by atoms with van der Waals surface area (Å²) in [6.07, 6.45) is 7.46. The lowest BCUT2D eigenvalue weighted by Crippen LogP contribution is -2.45. The summed E-state index contributed by atoms with van der Waals surface area (Å²) >= 11 is 0. The third kappa shape index (κ3) is 1.59. The van der Waals surface area contributed by atoms with Crippen LogP contribution in [0.3, 0.4) is 0 Å². The number of amides is 2. The molecule has 1 aliphatic heterocycles. The van der Waals surface area contributed by atoms with Gasteiger partial charge < -0.3 is 0 Å². The molecule has 4 bridgehead atoms. The van der Waals surface area contributed by atoms with Gasteiger partial charge in [0.05, 0.1) is 25.6 Å². The molecule has 3 saturated carbocycles. The van der Waals surface area contributed by atoms with E-state index in [1.165, 1.54) is 19.3 Å². The number of imide groups is 1. The molecule has 1 saturated heterocycles. The van der Waals surface area contributed by atoms with Crippen LogP contribution in [0.15, 0.2) is 42.0 Å². The van der Waals surface area contributed by atoms with E-state index in [-0.39, 0.29) is 34.1 Å². The first kappa shape index (κ1) is 16.3. The second-order valence-corrected chi connectivity index (χ2v) is 16.0. The van der Waals surface area contributed by atoms with Gasteiger partial charge in [-0.05, 0) is 54.7 Å². The first-order valence-corrected chi connectivity index (χ1v) is 14.0. The van der Waals surface area contributed by atoms with Crippen molar-refractivity contribution in [2.24, 2.45) is 29.1 Å². The molecule has 1 spiro atoms. The predicted octanol–water partition coefficient (Wildman–Crippen LogP) is 4.63. The van der Waals surface area contributed by atoms with Crippen molar-refractivity contribution in [3.8, 4) is 0 Å². The SMILES string of the molecule is C[Si](C)(C)[C@@]12C=C3[C@H]4CC[C@@H](C4)[C@@]3(C1)[C@@H]1C(=O)N(c3ccccc3)C(=O)[C@@H]12. The van der Waals surface area contributed by atoms with Crippen LogP contribution in [0.1, 0.15) is 25.7 Å². The number of carbonyl (C=O) groups excluding carboxylic acids is 2. The van der Waals surface area contributed by atoms with E-state index in [0.29, 0.717) is 11.8 Å². The molecule has 140 valence electrons. The Balaban J connectivity index is 1.57. The highest BCUT2D eigenvalue weighted by molar-refractivity contribution is 6.80. The lowest BCUT2D eigenvalue weighted by molar-refractivity contribution is -0.124. The van der Waals surface area contributed by atoms with Crippen LogP contribution >= 0.6 is 0 Å². The van der Waals surface area contributed by atoms with Gasteiger partial charge in [-0.2, -0.15) is 0 Å². The molecule has 4 fully saturated rings. The lowest BCUT2D eigenvalue weighted by atomic mass is 9.63. The highest BCUT2D eigenvalue weighted by atomic mass is 28.3. The second-order valence-electron chi connectivity index (χ2n) is 10.6. The molecule has 4 aliphatic carbocycles. The van der Waals surface area contributed by atoms with E-state index in [1.54, 1.807) is 10.5 Å². The van der Waals surface area contributed by atoms with Crippen LogP contribution in [0.5, 0.6) is 0 Å². The van der Waals surface area contributed by atoms with Gasteiger partial charge in [-0.15, -0.1) is 0 Å². The molecule has 0 aromatic heterocycles. The number of anilines is 1. The number of benzene rings is 1. The Morgan fingerprint density at radius 2 is 1.70 bits per heavy atom. The van der Waals surface area contributed by atoms with E-state index < -0.39 is 8.07 Å². The van der Waals surface area contributed by atoms with Crippen LogP contribution in [-0.4, -0.2) is 19.9 Å². The highest BCUT2D eigenvalue weighted by Gasteiger charge is 2.80. The quantitative estimate of drug-likeness (QED) is 0.428. The standard InChI is InChI=1S/C23H27NO2Si/c1-27(2,3)22-12-17-14-9-10-15(11-14)23(17,13-22)19-18(22)20(25)24(21(19)26)16-7-5-4-6-8-16/h4-8,12,14-15,18-19H,9-11,13H2,1-3H3/t14-,15-,18+,19-,22-,23+/m0/s1. The Morgan fingerprint density at radius 3 is 2.41 bits per heavy atom. The molecule has 27 heavy (non-hydrogen) atoms. The largest absolute Gasteiger partial charge is 0.274 e. The van der Waals surface area contributed by atoms with Gasteiger partial charge in [0.15, 0.2) is 0 Å². The second kappa shape index (κ2) is 4.65. The minimum absolute atomic E-state index is 0.00410. The molecule has 1 aromatic rings. The van der Waals surface area contributed by atoms with Gasteiger partial charge in [-0.25, -0.2) is 0 Å². The number of nitrogens with zero attached hydrogens (tertiary/aromatic N) is 1. The van der Waals surface area contributed by atoms with Gasteiger partial charge in [0, 0.05) is 5.41 Å². The summed E-state index contributed by atoms with van der Waals surface area (Å²) in [7, 11) is -1.70. The minimum atomic E-state index is -1.70. The van der Waals surface area contributed by atoms with Crippen LogP contribution < -0.4 is 4.90 Å². The topological polar surface area (TPSA) is 37.4 Å². The van der Waals surface area contributed by atoms with Gasteiger partial charge in [-0.1, -0.05) is 49.5 Å². The van der Waals surface area contributed by atoms with E-state index >= 15 is 0 Å². The lowest BCUT2D eigenvalue weighted by Gasteiger charge is -2.42. The molecule has 1 aromatic carbocycles. The Bertz CT molecular complexity index is 916. The molecular formula is C23H27NO2Si. The fraction of sp³-hybridized carbons (Fsp3) is 0.565. The Hall–Kier alpha value is -1.68. The van der Waals surface area contributed by atoms with Gasteiger partial charge in [0.1, 0.15) is 0 Å². The van der Waals surface area contributed by atoms with Crippen LogP contribution in [0.4, 0.5) is 5.69 Å². The van der Waals surface area contributed by atoms with Crippen molar-refractivity contribution < 1.29 is 9.59 Å². The molecule has 1 heterocycles. The van der Waals surface area contributed by atoms with Gasteiger partial charge in [0.25, 0.3) is 0 Å². The Morgan fingerprint density at radius 1 is 1.00 bits per heavy atom. The van der Waals surface area contributed by atoms with Gasteiger partial charge >= 0.3 is 0 Å². The van der Waals surface area contributed by atoms with E-state index in [4.69, 9.17) is 0 Å². The summed E-state index contributed by atoms with van der Waals surface area (Å²) in [6.45, 7) is 7.23. The van der Waals surface area contributed by atoms with Crippen molar-refractivity contribution in [2.45, 2.75) is 50.4 Å². The molecule has 5 aliphatic rings. The fourth-order valence-electron chi connectivity index (χ4n) is 7.89.